The lowest BCUT2D eigenvalue weighted by atomic mass is 10.2. The number of anilines is 1. The van der Waals surface area contributed by atoms with Gasteiger partial charge in [-0.3, -0.25) is 4.57 Å². The van der Waals surface area contributed by atoms with Crippen molar-refractivity contribution in [1.29, 1.82) is 0 Å². The number of carbonyl (C=O) groups is 1. The molecule has 0 spiro atoms. The van der Waals surface area contributed by atoms with E-state index in [0.29, 0.717) is 9.59 Å². The molecule has 1 unspecified atom stereocenters. The van der Waals surface area contributed by atoms with Crippen LogP contribution in [0.5, 0.6) is 0 Å². The van der Waals surface area contributed by atoms with Crippen LogP contribution in [0.4, 0.5) is 19.1 Å². The fraction of sp³-hybridized carbons (Fsp3) is 0.385. The number of aliphatic hydroxyl groups is 1. The molecule has 3 aromatic heterocycles. The third kappa shape index (κ3) is 7.02. The van der Waals surface area contributed by atoms with E-state index in [0.717, 1.165) is 4.68 Å². The summed E-state index contributed by atoms with van der Waals surface area (Å²) in [5.41, 5.74) is -0.674. The van der Waals surface area contributed by atoms with Crippen LogP contribution in [-0.2, 0) is 27.7 Å². The normalized spacial score (nSPS) is 15.6. The lowest BCUT2D eigenvalue weighted by Crippen LogP contribution is -2.41. The molecule has 1 N–H and O–H groups in total. The Labute approximate surface area is 258 Å². The van der Waals surface area contributed by atoms with Crippen LogP contribution in [-0.4, -0.2) is 97.1 Å². The molecular formula is C26H26ClF3N8O6S. The summed E-state index contributed by atoms with van der Waals surface area (Å²) in [5, 5.41) is 18.8. The van der Waals surface area contributed by atoms with Gasteiger partial charge in [-0.15, -0.1) is 10.2 Å². The van der Waals surface area contributed by atoms with Crippen LogP contribution in [0.3, 0.4) is 0 Å². The molecule has 1 aliphatic rings. The molecule has 1 aliphatic heterocycles. The molecule has 0 aliphatic carbocycles. The molecule has 45 heavy (non-hydrogen) atoms. The molecule has 1 saturated heterocycles. The second-order valence-corrected chi connectivity index (χ2v) is 12.6. The minimum atomic E-state index is -5.00. The summed E-state index contributed by atoms with van der Waals surface area (Å²) < 4.78 is 71.9. The Hall–Kier alpha value is -4.29. The van der Waals surface area contributed by atoms with Gasteiger partial charge in [0.15, 0.2) is 33.3 Å². The Morgan fingerprint density at radius 2 is 1.82 bits per heavy atom. The van der Waals surface area contributed by atoms with Crippen molar-refractivity contribution in [2.24, 2.45) is 0 Å². The van der Waals surface area contributed by atoms with Crippen molar-refractivity contribution in [1.82, 2.24) is 34.1 Å². The van der Waals surface area contributed by atoms with E-state index in [1.807, 2.05) is 0 Å². The van der Waals surface area contributed by atoms with Crippen LogP contribution in [0.25, 0.3) is 17.1 Å². The molecule has 1 fully saturated rings. The smallest absolute Gasteiger partial charge is 0.416 e. The number of esters is 1. The third-order valence-electron chi connectivity index (χ3n) is 6.79. The Morgan fingerprint density at radius 3 is 2.47 bits per heavy atom. The highest BCUT2D eigenvalue weighted by Gasteiger charge is 2.39. The van der Waals surface area contributed by atoms with E-state index in [9.17, 15) is 36.3 Å². The lowest BCUT2D eigenvalue weighted by molar-refractivity contribution is -0.207. The van der Waals surface area contributed by atoms with E-state index in [1.54, 1.807) is 17.9 Å². The molecule has 4 aromatic rings. The van der Waals surface area contributed by atoms with Crippen LogP contribution in [0.15, 0.2) is 47.4 Å². The molecule has 4 heterocycles. The summed E-state index contributed by atoms with van der Waals surface area (Å²) in [6.45, 7) is 0.236. The Morgan fingerprint density at radius 1 is 1.13 bits per heavy atom. The van der Waals surface area contributed by atoms with Gasteiger partial charge in [-0.05, 0) is 43.3 Å². The van der Waals surface area contributed by atoms with E-state index in [4.69, 9.17) is 16.3 Å². The maximum absolute atomic E-state index is 13.4. The number of aliphatic hydroxyl groups excluding tert-OH is 1. The molecule has 240 valence electrons. The van der Waals surface area contributed by atoms with E-state index in [1.165, 1.54) is 41.2 Å². The SMILES string of the molecule is CCOC(=O)c1ncccc1-n1nc(Cn2nc(-c3ccc(Cl)cc3)n(CC(O)C(F)(F)F)c2=O)nc1N1CCS(=O)(=O)CC1. The highest BCUT2D eigenvalue weighted by molar-refractivity contribution is 7.91. The second kappa shape index (κ2) is 12.6. The van der Waals surface area contributed by atoms with Gasteiger partial charge in [-0.1, -0.05) is 11.6 Å². The molecule has 0 radical (unpaired) electrons. The number of alkyl halides is 3. The van der Waals surface area contributed by atoms with Gasteiger partial charge in [0.05, 0.1) is 24.7 Å². The summed E-state index contributed by atoms with van der Waals surface area (Å²) in [6, 6.07) is 8.92. The van der Waals surface area contributed by atoms with Crippen LogP contribution < -0.4 is 10.6 Å². The van der Waals surface area contributed by atoms with Gasteiger partial charge in [0.2, 0.25) is 5.95 Å². The van der Waals surface area contributed by atoms with Crippen LogP contribution >= 0.6 is 11.6 Å². The fourth-order valence-electron chi connectivity index (χ4n) is 4.55. The monoisotopic (exact) mass is 670 g/mol. The standard InChI is InChI=1S/C26H26ClF3N8O6S/c1-2-44-23(40)21-18(4-3-9-31-21)38-24(35-10-12-45(42,43)13-11-35)32-20(33-38)15-37-25(41)36(14-19(39)26(28,29)30)22(34-37)16-5-7-17(27)8-6-16/h3-9,19,39H,2,10-15H2,1H3. The zero-order valence-electron chi connectivity index (χ0n) is 23.6. The van der Waals surface area contributed by atoms with Gasteiger partial charge >= 0.3 is 17.8 Å². The first kappa shape index (κ1) is 32.1. The van der Waals surface area contributed by atoms with Crippen LogP contribution in [0.1, 0.15) is 23.2 Å². The number of hydrogen-bond donors (Lipinski definition) is 1. The molecule has 0 bridgehead atoms. The topological polar surface area (TPSA) is 167 Å². The van der Waals surface area contributed by atoms with Crippen molar-refractivity contribution in [2.75, 3.05) is 36.1 Å². The molecule has 5 rings (SSSR count). The maximum Gasteiger partial charge on any atom is 0.416 e. The number of pyridine rings is 1. The van der Waals surface area contributed by atoms with Gasteiger partial charge in [0, 0.05) is 29.9 Å². The molecule has 1 atom stereocenters. The molecule has 1 aromatic carbocycles. The number of nitrogens with zero attached hydrogens (tertiary/aromatic N) is 8. The number of halogens is 4. The van der Waals surface area contributed by atoms with E-state index in [-0.39, 0.29) is 65.7 Å². The number of carbonyl (C=O) groups excluding carboxylic acids is 1. The predicted octanol–water partition coefficient (Wildman–Crippen LogP) is 1.72. The summed E-state index contributed by atoms with van der Waals surface area (Å²) in [6.07, 6.45) is -6.48. The largest absolute Gasteiger partial charge is 0.461 e. The molecule has 0 saturated carbocycles. The van der Waals surface area contributed by atoms with Crippen LogP contribution in [0.2, 0.25) is 5.02 Å². The van der Waals surface area contributed by atoms with Crippen molar-refractivity contribution in [3.05, 3.63) is 69.6 Å². The molecule has 19 heteroatoms. The van der Waals surface area contributed by atoms with Crippen molar-refractivity contribution in [3.63, 3.8) is 0 Å². The van der Waals surface area contributed by atoms with Crippen molar-refractivity contribution in [3.8, 4) is 17.1 Å². The summed E-state index contributed by atoms with van der Waals surface area (Å²) in [4.78, 5) is 36.4. The number of sulfone groups is 1. The van der Waals surface area contributed by atoms with Gasteiger partial charge in [0.1, 0.15) is 12.2 Å². The Kier molecular flexibility index (Phi) is 8.99. The van der Waals surface area contributed by atoms with Crippen molar-refractivity contribution in [2.45, 2.75) is 32.3 Å². The predicted molar refractivity (Wildman–Crippen MR) is 154 cm³/mol. The minimum absolute atomic E-state index is 0.0390. The third-order valence-corrected chi connectivity index (χ3v) is 8.66. The van der Waals surface area contributed by atoms with Gasteiger partial charge in [-0.2, -0.15) is 22.8 Å². The summed E-state index contributed by atoms with van der Waals surface area (Å²) >= 11 is 5.95. The maximum atomic E-state index is 13.4. The average Bonchev–Trinajstić information content (AvgIpc) is 3.54. The highest BCUT2D eigenvalue weighted by Crippen LogP contribution is 2.25. The van der Waals surface area contributed by atoms with E-state index < -0.39 is 46.9 Å². The number of benzene rings is 1. The number of aromatic nitrogens is 7. The highest BCUT2D eigenvalue weighted by atomic mass is 35.5. The summed E-state index contributed by atoms with van der Waals surface area (Å²) in [7, 11) is -3.28. The first-order chi connectivity index (χ1) is 21.3. The van der Waals surface area contributed by atoms with Crippen molar-refractivity contribution < 1.29 is 36.2 Å². The zero-order chi connectivity index (χ0) is 32.5. The molecule has 14 nitrogen and oxygen atoms in total. The van der Waals surface area contributed by atoms with E-state index in [2.05, 4.69) is 20.2 Å². The Balaban J connectivity index is 1.59. The molecule has 0 amide bonds. The number of ether oxygens (including phenoxy) is 1. The van der Waals surface area contributed by atoms with Gasteiger partial charge < -0.3 is 14.7 Å². The molecular weight excluding hydrogens is 645 g/mol. The number of hydrogen-bond acceptors (Lipinski definition) is 11. The quantitative estimate of drug-likeness (QED) is 0.258. The minimum Gasteiger partial charge on any atom is -0.461 e. The first-order valence-electron chi connectivity index (χ1n) is 13.5. The van der Waals surface area contributed by atoms with Crippen LogP contribution in [0, 0.1) is 0 Å². The van der Waals surface area contributed by atoms with Crippen molar-refractivity contribution >= 4 is 33.4 Å². The summed E-state index contributed by atoms with van der Waals surface area (Å²) in [5.74, 6) is -1.15. The van der Waals surface area contributed by atoms with Gasteiger partial charge in [-0.25, -0.2) is 27.7 Å². The first-order valence-corrected chi connectivity index (χ1v) is 15.7. The van der Waals surface area contributed by atoms with Gasteiger partial charge in [0.25, 0.3) is 0 Å². The fourth-order valence-corrected chi connectivity index (χ4v) is 5.87. The Bertz CT molecular complexity index is 1860. The lowest BCUT2D eigenvalue weighted by Gasteiger charge is -2.27. The second-order valence-electron chi connectivity index (χ2n) is 9.91. The van der Waals surface area contributed by atoms with E-state index >= 15 is 0 Å². The zero-order valence-corrected chi connectivity index (χ0v) is 25.1. The number of rotatable bonds is 9. The average molecular weight is 671 g/mol.